The average Bonchev–Trinajstić information content (AvgIpc) is 2.19. The molecule has 0 aliphatic carbocycles. The number of fused-ring (bicyclic) bond motifs is 1. The van der Waals surface area contributed by atoms with Gasteiger partial charge in [0.1, 0.15) is 5.03 Å². The van der Waals surface area contributed by atoms with E-state index < -0.39 is 0 Å². The highest BCUT2D eigenvalue weighted by Crippen LogP contribution is 2.38. The highest BCUT2D eigenvalue weighted by molar-refractivity contribution is 9.05. The molecule has 0 fully saturated rings. The molecule has 0 aromatic carbocycles. The Balaban J connectivity index is 2.59. The lowest BCUT2D eigenvalue weighted by Gasteiger charge is -2.02. The number of rotatable bonds is 2. The highest BCUT2D eigenvalue weighted by Gasteiger charge is 2.06. The van der Waals surface area contributed by atoms with Gasteiger partial charge >= 0.3 is 0 Å². The van der Waals surface area contributed by atoms with E-state index in [0.29, 0.717) is 10.5 Å². The first-order valence-electron chi connectivity index (χ1n) is 3.74. The minimum absolute atomic E-state index is 0.141. The van der Waals surface area contributed by atoms with E-state index in [4.69, 9.17) is 0 Å². The van der Waals surface area contributed by atoms with Crippen molar-refractivity contribution < 1.29 is 5.11 Å². The van der Waals surface area contributed by atoms with E-state index in [-0.39, 0.29) is 5.75 Å². The maximum atomic E-state index is 9.57. The van der Waals surface area contributed by atoms with Crippen LogP contribution in [0.25, 0.3) is 11.0 Å². The van der Waals surface area contributed by atoms with Crippen molar-refractivity contribution in [3.05, 3.63) is 24.4 Å². The van der Waals surface area contributed by atoms with E-state index in [0.717, 1.165) is 5.52 Å². The summed E-state index contributed by atoms with van der Waals surface area (Å²) in [5.41, 5.74) is 1.47. The van der Waals surface area contributed by atoms with Crippen LogP contribution in [0, 0.1) is 0 Å². The van der Waals surface area contributed by atoms with Crippen molar-refractivity contribution >= 4 is 43.3 Å². The third kappa shape index (κ3) is 1.92. The van der Waals surface area contributed by atoms with Crippen molar-refractivity contribution in [1.29, 1.82) is 0 Å². The lowest BCUT2D eigenvalue weighted by Crippen LogP contribution is -1.84. The first-order chi connectivity index (χ1) is 6.81. The van der Waals surface area contributed by atoms with Crippen LogP contribution in [0.1, 0.15) is 0 Å². The van der Waals surface area contributed by atoms with E-state index in [1.807, 2.05) is 12.1 Å². The number of nitrogens with zero attached hydrogens (tertiary/aromatic N) is 2. The van der Waals surface area contributed by atoms with E-state index >= 15 is 0 Å². The molecular weight excluding hydrogens is 236 g/mol. The Morgan fingerprint density at radius 1 is 1.36 bits per heavy atom. The number of aromatic hydroxyl groups is 1. The molecule has 0 aliphatic rings. The van der Waals surface area contributed by atoms with Gasteiger partial charge in [-0.3, -0.25) is 4.98 Å². The van der Waals surface area contributed by atoms with Crippen molar-refractivity contribution in [2.24, 2.45) is 0 Å². The summed E-state index contributed by atoms with van der Waals surface area (Å²) in [5, 5.41) is 10.1. The molecule has 2 heterocycles. The van der Waals surface area contributed by atoms with Gasteiger partial charge in [0.05, 0.1) is 11.0 Å². The van der Waals surface area contributed by atoms with Crippen LogP contribution in [0.5, 0.6) is 5.75 Å². The molecule has 0 saturated heterocycles. The number of hydrogen-bond acceptors (Lipinski definition) is 6. The Morgan fingerprint density at radius 2 is 2.21 bits per heavy atom. The summed E-state index contributed by atoms with van der Waals surface area (Å²) in [6.07, 6.45) is 1.67. The molecule has 0 atom stereocenters. The van der Waals surface area contributed by atoms with Gasteiger partial charge < -0.3 is 5.11 Å². The van der Waals surface area contributed by atoms with Gasteiger partial charge in [0.2, 0.25) is 0 Å². The van der Waals surface area contributed by atoms with Crippen LogP contribution in [0.2, 0.25) is 0 Å². The summed E-state index contributed by atoms with van der Waals surface area (Å²) in [6.45, 7) is 0. The topological polar surface area (TPSA) is 46.0 Å². The Bertz CT molecular complexity index is 463. The van der Waals surface area contributed by atoms with Crippen LogP contribution in [0.15, 0.2) is 29.4 Å². The lowest BCUT2D eigenvalue weighted by molar-refractivity contribution is 0.458. The number of aromatic nitrogens is 2. The molecule has 2 rings (SSSR count). The van der Waals surface area contributed by atoms with Crippen LogP contribution < -0.4 is 0 Å². The van der Waals surface area contributed by atoms with Gasteiger partial charge in [0.25, 0.3) is 0 Å². The van der Waals surface area contributed by atoms with Gasteiger partial charge in [-0.2, -0.15) is 0 Å². The second-order valence-electron chi connectivity index (χ2n) is 2.51. The van der Waals surface area contributed by atoms with E-state index in [1.165, 1.54) is 20.6 Å². The molecule has 0 bridgehead atoms. The van der Waals surface area contributed by atoms with Crippen LogP contribution in [-0.4, -0.2) is 15.1 Å². The highest BCUT2D eigenvalue weighted by atomic mass is 33.5. The largest absolute Gasteiger partial charge is 0.505 e. The zero-order chi connectivity index (χ0) is 9.97. The van der Waals surface area contributed by atoms with Crippen molar-refractivity contribution in [1.82, 2.24) is 9.97 Å². The van der Waals surface area contributed by atoms with Crippen LogP contribution in [0.3, 0.4) is 0 Å². The van der Waals surface area contributed by atoms with Gasteiger partial charge in [0.15, 0.2) is 5.75 Å². The monoisotopic (exact) mass is 242 g/mol. The summed E-state index contributed by atoms with van der Waals surface area (Å²) >= 11 is 3.99. The molecule has 0 aliphatic heterocycles. The third-order valence-electron chi connectivity index (χ3n) is 1.65. The molecule has 0 amide bonds. The molecule has 14 heavy (non-hydrogen) atoms. The van der Waals surface area contributed by atoms with Gasteiger partial charge in [-0.1, -0.05) is 11.7 Å². The fraction of sp³-hybridized carbons (Fsp3) is 0. The molecule has 72 valence electrons. The molecule has 2 aromatic rings. The molecule has 0 unspecified atom stereocenters. The molecule has 6 heteroatoms. The van der Waals surface area contributed by atoms with Gasteiger partial charge in [-0.05, 0) is 32.8 Å². The molecule has 0 saturated carbocycles. The SMILES string of the molecule is Oc1cc2ncccc2nc1SSS. The molecule has 0 radical (unpaired) electrons. The fourth-order valence-corrected chi connectivity index (χ4v) is 2.64. The lowest BCUT2D eigenvalue weighted by atomic mass is 10.3. The first-order valence-corrected chi connectivity index (χ1v) is 6.94. The van der Waals surface area contributed by atoms with Gasteiger partial charge in [-0.15, -0.1) is 0 Å². The van der Waals surface area contributed by atoms with Crippen molar-refractivity contribution in [3.63, 3.8) is 0 Å². The summed E-state index contributed by atoms with van der Waals surface area (Å²) < 4.78 is 0. The molecule has 1 N–H and O–H groups in total. The third-order valence-corrected chi connectivity index (χ3v) is 3.55. The maximum absolute atomic E-state index is 9.57. The minimum atomic E-state index is 0.141. The van der Waals surface area contributed by atoms with Crippen LogP contribution in [-0.2, 0) is 0 Å². The standard InChI is InChI=1S/C8H6N2OS3/c11-7-4-6-5(2-1-3-9-6)10-8(7)13-14-12/h1-4,11-12H. The Morgan fingerprint density at radius 3 is 3.00 bits per heavy atom. The zero-order valence-corrected chi connectivity index (χ0v) is 9.44. The van der Waals surface area contributed by atoms with Crippen LogP contribution in [0.4, 0.5) is 0 Å². The minimum Gasteiger partial charge on any atom is -0.505 e. The smallest absolute Gasteiger partial charge is 0.150 e. The van der Waals surface area contributed by atoms with E-state index in [2.05, 4.69) is 21.6 Å². The molecule has 3 nitrogen and oxygen atoms in total. The van der Waals surface area contributed by atoms with Crippen molar-refractivity contribution in [3.8, 4) is 5.75 Å². The molecule has 0 spiro atoms. The van der Waals surface area contributed by atoms with Gasteiger partial charge in [-0.25, -0.2) is 4.98 Å². The first kappa shape index (κ1) is 9.95. The number of pyridine rings is 2. The normalized spacial score (nSPS) is 10.6. The summed E-state index contributed by atoms with van der Waals surface area (Å²) in [6, 6.07) is 5.28. The molecular formula is C8H6N2OS3. The molecule has 2 aromatic heterocycles. The van der Waals surface area contributed by atoms with E-state index in [9.17, 15) is 5.11 Å². The zero-order valence-electron chi connectivity index (χ0n) is 6.91. The average molecular weight is 242 g/mol. The predicted molar refractivity (Wildman–Crippen MR) is 63.6 cm³/mol. The summed E-state index contributed by atoms with van der Waals surface area (Å²) in [5.74, 6) is 0.141. The van der Waals surface area contributed by atoms with Crippen LogP contribution >= 0.6 is 32.3 Å². The van der Waals surface area contributed by atoms with Crippen molar-refractivity contribution in [2.45, 2.75) is 5.03 Å². The van der Waals surface area contributed by atoms with Crippen molar-refractivity contribution in [2.75, 3.05) is 0 Å². The van der Waals surface area contributed by atoms with Gasteiger partial charge in [0, 0.05) is 12.3 Å². The Labute approximate surface area is 93.5 Å². The fourth-order valence-electron chi connectivity index (χ4n) is 1.07. The second-order valence-corrected chi connectivity index (χ2v) is 5.50. The summed E-state index contributed by atoms with van der Waals surface area (Å²) in [4.78, 5) is 8.33. The number of thiol groups is 1. The predicted octanol–water partition coefficient (Wildman–Crippen LogP) is 2.92. The summed E-state index contributed by atoms with van der Waals surface area (Å²) in [7, 11) is 2.55. The maximum Gasteiger partial charge on any atom is 0.150 e. The van der Waals surface area contributed by atoms with E-state index in [1.54, 1.807) is 12.3 Å². The quantitative estimate of drug-likeness (QED) is 0.626. The Hall–Kier alpha value is -0.590. The second kappa shape index (κ2) is 4.29. The Kier molecular flexibility index (Phi) is 3.05. The number of hydrogen-bond donors (Lipinski definition) is 2.